The van der Waals surface area contributed by atoms with Gasteiger partial charge in [-0.15, -0.1) is 0 Å². The largest absolute Gasteiger partial charge is 0.0781 e. The fourth-order valence-corrected chi connectivity index (χ4v) is 2.44. The van der Waals surface area contributed by atoms with E-state index in [1.54, 1.807) is 5.57 Å². The molecule has 0 N–H and O–H groups in total. The molecule has 80 valence electrons. The highest BCUT2D eigenvalue weighted by Crippen LogP contribution is 2.37. The van der Waals surface area contributed by atoms with Gasteiger partial charge in [0.1, 0.15) is 0 Å². The summed E-state index contributed by atoms with van der Waals surface area (Å²) < 4.78 is 0. The highest BCUT2D eigenvalue weighted by molar-refractivity contribution is 5.69. The van der Waals surface area contributed by atoms with Gasteiger partial charge in [0.15, 0.2) is 0 Å². The lowest BCUT2D eigenvalue weighted by atomic mass is 9.80. The zero-order valence-electron chi connectivity index (χ0n) is 9.96. The SMILES string of the molecule is CCC1CC(=CC(C)C)c2cccc1c2. The Labute approximate surface area is 93.0 Å². The molecule has 0 aliphatic heterocycles. The molecule has 2 bridgehead atoms. The van der Waals surface area contributed by atoms with E-state index in [2.05, 4.69) is 51.1 Å². The van der Waals surface area contributed by atoms with E-state index in [0.29, 0.717) is 5.92 Å². The Bertz CT molecular complexity index is 371. The Morgan fingerprint density at radius 2 is 2.20 bits per heavy atom. The lowest BCUT2D eigenvalue weighted by Crippen LogP contribution is -2.06. The molecule has 1 aromatic carbocycles. The molecule has 0 saturated carbocycles. The Kier molecular flexibility index (Phi) is 2.95. The van der Waals surface area contributed by atoms with Gasteiger partial charge in [-0.1, -0.05) is 51.1 Å². The van der Waals surface area contributed by atoms with Crippen LogP contribution in [0.2, 0.25) is 0 Å². The van der Waals surface area contributed by atoms with Crippen LogP contribution in [0.1, 0.15) is 50.7 Å². The van der Waals surface area contributed by atoms with Gasteiger partial charge in [0.2, 0.25) is 0 Å². The molecular formula is C15H20. The molecule has 1 aromatic rings. The van der Waals surface area contributed by atoms with E-state index in [4.69, 9.17) is 0 Å². The van der Waals surface area contributed by atoms with E-state index in [-0.39, 0.29) is 0 Å². The third-order valence-corrected chi connectivity index (χ3v) is 3.22. The van der Waals surface area contributed by atoms with Crippen molar-refractivity contribution < 1.29 is 0 Å². The Balaban J connectivity index is 2.40. The van der Waals surface area contributed by atoms with Gasteiger partial charge in [0, 0.05) is 0 Å². The Hall–Kier alpha value is -1.04. The zero-order valence-corrected chi connectivity index (χ0v) is 9.96. The Morgan fingerprint density at radius 1 is 1.40 bits per heavy atom. The molecule has 1 unspecified atom stereocenters. The molecule has 0 radical (unpaired) electrons. The first-order chi connectivity index (χ1) is 7.20. The predicted octanol–water partition coefficient (Wildman–Crippen LogP) is 4.62. The van der Waals surface area contributed by atoms with Crippen molar-refractivity contribution in [3.8, 4) is 0 Å². The summed E-state index contributed by atoms with van der Waals surface area (Å²) in [6.07, 6.45) is 4.90. The molecule has 0 fully saturated rings. The summed E-state index contributed by atoms with van der Waals surface area (Å²) in [5.41, 5.74) is 4.51. The predicted molar refractivity (Wildman–Crippen MR) is 66.9 cm³/mol. The Morgan fingerprint density at radius 3 is 2.87 bits per heavy atom. The minimum atomic E-state index is 0.652. The van der Waals surface area contributed by atoms with E-state index < -0.39 is 0 Å². The van der Waals surface area contributed by atoms with Gasteiger partial charge in [0.05, 0.1) is 0 Å². The maximum absolute atomic E-state index is 2.42. The number of allylic oxidation sites excluding steroid dienone is 2. The van der Waals surface area contributed by atoms with Crippen LogP contribution in [-0.4, -0.2) is 0 Å². The van der Waals surface area contributed by atoms with Crippen molar-refractivity contribution in [2.75, 3.05) is 0 Å². The second-order valence-electron chi connectivity index (χ2n) is 4.87. The first-order valence-corrected chi connectivity index (χ1v) is 6.01. The van der Waals surface area contributed by atoms with Crippen LogP contribution in [0.3, 0.4) is 0 Å². The van der Waals surface area contributed by atoms with Gasteiger partial charge < -0.3 is 0 Å². The smallest absolute Gasteiger partial charge is 0.0124 e. The van der Waals surface area contributed by atoms with Crippen molar-refractivity contribution in [1.29, 1.82) is 0 Å². The molecule has 0 nitrogen and oxygen atoms in total. The van der Waals surface area contributed by atoms with Crippen LogP contribution >= 0.6 is 0 Å². The molecule has 1 atom stereocenters. The molecule has 1 aliphatic carbocycles. The topological polar surface area (TPSA) is 0 Å². The molecule has 1 aliphatic rings. The molecule has 15 heavy (non-hydrogen) atoms. The summed E-state index contributed by atoms with van der Waals surface area (Å²) in [7, 11) is 0. The second kappa shape index (κ2) is 4.22. The van der Waals surface area contributed by atoms with Crippen LogP contribution in [0, 0.1) is 5.92 Å². The standard InChI is InChI=1S/C15H20/c1-4-12-9-15(8-11(2)3)14-7-5-6-13(12)10-14/h5-8,10-12H,4,9H2,1-3H3. The van der Waals surface area contributed by atoms with E-state index in [1.807, 2.05) is 0 Å². The maximum Gasteiger partial charge on any atom is -0.0124 e. The average molecular weight is 200 g/mol. The van der Waals surface area contributed by atoms with Gasteiger partial charge >= 0.3 is 0 Å². The van der Waals surface area contributed by atoms with Gasteiger partial charge in [-0.3, -0.25) is 0 Å². The van der Waals surface area contributed by atoms with Crippen LogP contribution in [0.4, 0.5) is 0 Å². The first kappa shape index (κ1) is 10.5. The van der Waals surface area contributed by atoms with Gasteiger partial charge in [0.25, 0.3) is 0 Å². The summed E-state index contributed by atoms with van der Waals surface area (Å²) in [5.74, 6) is 1.39. The molecule has 0 spiro atoms. The van der Waals surface area contributed by atoms with E-state index >= 15 is 0 Å². The van der Waals surface area contributed by atoms with E-state index in [1.165, 1.54) is 24.0 Å². The molecular weight excluding hydrogens is 180 g/mol. The quantitative estimate of drug-likeness (QED) is 0.653. The maximum atomic E-state index is 2.42. The minimum absolute atomic E-state index is 0.652. The van der Waals surface area contributed by atoms with E-state index in [9.17, 15) is 0 Å². The van der Waals surface area contributed by atoms with Gasteiger partial charge in [-0.25, -0.2) is 0 Å². The van der Waals surface area contributed by atoms with Crippen molar-refractivity contribution >= 4 is 5.57 Å². The van der Waals surface area contributed by atoms with Crippen molar-refractivity contribution in [1.82, 2.24) is 0 Å². The number of hydrogen-bond donors (Lipinski definition) is 0. The van der Waals surface area contributed by atoms with Crippen LogP contribution in [-0.2, 0) is 0 Å². The van der Waals surface area contributed by atoms with Crippen LogP contribution < -0.4 is 0 Å². The van der Waals surface area contributed by atoms with E-state index in [0.717, 1.165) is 5.92 Å². The first-order valence-electron chi connectivity index (χ1n) is 6.01. The number of benzene rings is 1. The fourth-order valence-electron chi connectivity index (χ4n) is 2.44. The summed E-state index contributed by atoms with van der Waals surface area (Å²) in [6.45, 7) is 6.80. The number of fused-ring (bicyclic) bond motifs is 2. The highest BCUT2D eigenvalue weighted by Gasteiger charge is 2.18. The lowest BCUT2D eigenvalue weighted by Gasteiger charge is -2.24. The number of hydrogen-bond acceptors (Lipinski definition) is 0. The molecule has 0 saturated heterocycles. The van der Waals surface area contributed by atoms with Gasteiger partial charge in [-0.05, 0) is 41.4 Å². The third kappa shape index (κ3) is 2.14. The highest BCUT2D eigenvalue weighted by atomic mass is 14.2. The summed E-state index contributed by atoms with van der Waals surface area (Å²) in [6, 6.07) is 9.07. The summed E-state index contributed by atoms with van der Waals surface area (Å²) in [4.78, 5) is 0. The number of rotatable bonds is 2. The fraction of sp³-hybridized carbons (Fsp3) is 0.467. The van der Waals surface area contributed by atoms with Crippen molar-refractivity contribution in [3.05, 3.63) is 41.5 Å². The second-order valence-corrected chi connectivity index (χ2v) is 4.87. The molecule has 0 aromatic heterocycles. The molecule has 0 heterocycles. The average Bonchev–Trinajstić information content (AvgIpc) is 2.22. The van der Waals surface area contributed by atoms with Crippen molar-refractivity contribution in [3.63, 3.8) is 0 Å². The van der Waals surface area contributed by atoms with Crippen LogP contribution in [0.15, 0.2) is 30.3 Å². The molecule has 0 heteroatoms. The molecule has 0 amide bonds. The summed E-state index contributed by atoms with van der Waals surface area (Å²) >= 11 is 0. The van der Waals surface area contributed by atoms with Crippen LogP contribution in [0.25, 0.3) is 5.57 Å². The summed E-state index contributed by atoms with van der Waals surface area (Å²) in [5, 5.41) is 0. The third-order valence-electron chi connectivity index (χ3n) is 3.22. The van der Waals surface area contributed by atoms with Crippen molar-refractivity contribution in [2.24, 2.45) is 5.92 Å². The monoisotopic (exact) mass is 200 g/mol. The van der Waals surface area contributed by atoms with Crippen LogP contribution in [0.5, 0.6) is 0 Å². The molecule has 2 rings (SSSR count). The van der Waals surface area contributed by atoms with Gasteiger partial charge in [-0.2, -0.15) is 0 Å². The zero-order chi connectivity index (χ0) is 10.8. The van der Waals surface area contributed by atoms with Crippen molar-refractivity contribution in [2.45, 2.75) is 39.5 Å². The lowest BCUT2D eigenvalue weighted by molar-refractivity contribution is 0.669. The minimum Gasteiger partial charge on any atom is -0.0781 e. The normalized spacial score (nSPS) is 22.4.